The molecule has 2 N–H and O–H groups in total. The van der Waals surface area contributed by atoms with Gasteiger partial charge in [-0.05, 0) is 42.5 Å². The molecular weight excluding hydrogens is 258 g/mol. The van der Waals surface area contributed by atoms with Gasteiger partial charge in [-0.3, -0.25) is 0 Å². The fraction of sp³-hybridized carbons (Fsp3) is 0.278. The lowest BCUT2D eigenvalue weighted by atomic mass is 10.1. The van der Waals surface area contributed by atoms with Crippen molar-refractivity contribution in [1.82, 2.24) is 15.3 Å². The second kappa shape index (κ2) is 4.61. The van der Waals surface area contributed by atoms with E-state index in [0.717, 1.165) is 46.2 Å². The maximum atomic E-state index is 5.47. The Morgan fingerprint density at radius 2 is 2.19 bits per heavy atom. The van der Waals surface area contributed by atoms with Crippen LogP contribution < -0.4 is 5.32 Å². The maximum Gasteiger partial charge on any atom is 0.124 e. The Labute approximate surface area is 123 Å². The van der Waals surface area contributed by atoms with Crippen molar-refractivity contribution in [3.05, 3.63) is 41.7 Å². The number of aromatic nitrogens is 2. The lowest BCUT2D eigenvalue weighted by Gasteiger charge is -2.04. The Morgan fingerprint density at radius 1 is 1.29 bits per heavy atom. The molecule has 2 heterocycles. The largest absolute Gasteiger partial charge is 0.341 e. The van der Waals surface area contributed by atoms with Gasteiger partial charge in [0, 0.05) is 10.9 Å². The SMILES string of the molecule is C#Cc1ccc2c(ccc3[nH]c([C@@H]4C[C@H](C)CN4)nc32)c1. The van der Waals surface area contributed by atoms with Crippen molar-refractivity contribution >= 4 is 21.8 Å². The molecule has 3 aromatic rings. The van der Waals surface area contributed by atoms with Gasteiger partial charge in [-0.25, -0.2) is 4.98 Å². The van der Waals surface area contributed by atoms with Gasteiger partial charge < -0.3 is 10.3 Å². The molecule has 1 fully saturated rings. The topological polar surface area (TPSA) is 40.7 Å². The molecule has 0 amide bonds. The standard InChI is InChI=1S/C18H17N3/c1-3-12-4-6-14-13(9-12)5-7-15-17(14)21-18(20-15)16-8-11(2)10-19-16/h1,4-7,9,11,16,19H,8,10H2,2H3,(H,20,21)/t11-,16-/m0/s1. The smallest absolute Gasteiger partial charge is 0.124 e. The van der Waals surface area contributed by atoms with Crippen molar-refractivity contribution in [3.8, 4) is 12.3 Å². The fourth-order valence-corrected chi connectivity index (χ4v) is 3.20. The van der Waals surface area contributed by atoms with Crippen molar-refractivity contribution < 1.29 is 0 Å². The first kappa shape index (κ1) is 12.4. The van der Waals surface area contributed by atoms with Crippen molar-refractivity contribution in [3.63, 3.8) is 0 Å². The van der Waals surface area contributed by atoms with Crippen LogP contribution in [0.5, 0.6) is 0 Å². The van der Waals surface area contributed by atoms with Gasteiger partial charge in [0.25, 0.3) is 0 Å². The summed E-state index contributed by atoms with van der Waals surface area (Å²) in [6.45, 7) is 3.33. The monoisotopic (exact) mass is 275 g/mol. The molecule has 0 bridgehead atoms. The number of hydrogen-bond donors (Lipinski definition) is 2. The van der Waals surface area contributed by atoms with E-state index in [-0.39, 0.29) is 0 Å². The summed E-state index contributed by atoms with van der Waals surface area (Å²) in [5, 5.41) is 5.82. The number of fused-ring (bicyclic) bond motifs is 3. The number of H-pyrrole nitrogens is 1. The zero-order valence-electron chi connectivity index (χ0n) is 12.0. The first-order chi connectivity index (χ1) is 10.2. The van der Waals surface area contributed by atoms with Gasteiger partial charge in [-0.15, -0.1) is 6.42 Å². The summed E-state index contributed by atoms with van der Waals surface area (Å²) in [5.41, 5.74) is 3.03. The van der Waals surface area contributed by atoms with E-state index in [1.54, 1.807) is 0 Å². The minimum Gasteiger partial charge on any atom is -0.341 e. The molecule has 21 heavy (non-hydrogen) atoms. The molecule has 1 aliphatic heterocycles. The zero-order valence-corrected chi connectivity index (χ0v) is 12.0. The fourth-order valence-electron chi connectivity index (χ4n) is 3.20. The normalized spacial score (nSPS) is 21.9. The van der Waals surface area contributed by atoms with Crippen LogP contribution in [0.3, 0.4) is 0 Å². The maximum absolute atomic E-state index is 5.47. The van der Waals surface area contributed by atoms with E-state index in [1.165, 1.54) is 0 Å². The van der Waals surface area contributed by atoms with Crippen LogP contribution in [0.25, 0.3) is 21.8 Å². The minimum atomic E-state index is 0.340. The average Bonchev–Trinajstić information content (AvgIpc) is 3.12. The number of rotatable bonds is 1. The summed E-state index contributed by atoms with van der Waals surface area (Å²) in [5.74, 6) is 4.43. The van der Waals surface area contributed by atoms with Gasteiger partial charge in [0.1, 0.15) is 5.82 Å². The first-order valence-electron chi connectivity index (χ1n) is 7.37. The molecule has 0 aliphatic carbocycles. The van der Waals surface area contributed by atoms with Crippen LogP contribution in [-0.2, 0) is 0 Å². The van der Waals surface area contributed by atoms with Crippen LogP contribution in [0.4, 0.5) is 0 Å². The Bertz CT molecular complexity index is 869. The lowest BCUT2D eigenvalue weighted by Crippen LogP contribution is -2.14. The highest BCUT2D eigenvalue weighted by molar-refractivity contribution is 6.04. The lowest BCUT2D eigenvalue weighted by molar-refractivity contribution is 0.589. The van der Waals surface area contributed by atoms with Gasteiger partial charge in [-0.2, -0.15) is 0 Å². The molecule has 1 aromatic heterocycles. The molecule has 0 unspecified atom stereocenters. The summed E-state index contributed by atoms with van der Waals surface area (Å²) in [4.78, 5) is 8.31. The van der Waals surface area contributed by atoms with Gasteiger partial charge in [0.15, 0.2) is 0 Å². The third kappa shape index (κ3) is 2.00. The number of nitrogens with zero attached hydrogens (tertiary/aromatic N) is 1. The van der Waals surface area contributed by atoms with E-state index < -0.39 is 0 Å². The summed E-state index contributed by atoms with van der Waals surface area (Å²) in [6.07, 6.45) is 6.61. The van der Waals surface area contributed by atoms with Crippen LogP contribution in [0.2, 0.25) is 0 Å². The molecule has 104 valence electrons. The molecule has 3 nitrogen and oxygen atoms in total. The molecule has 1 saturated heterocycles. The van der Waals surface area contributed by atoms with Crippen molar-refractivity contribution in [2.45, 2.75) is 19.4 Å². The second-order valence-corrected chi connectivity index (χ2v) is 5.97. The van der Waals surface area contributed by atoms with Crippen LogP contribution in [0.1, 0.15) is 30.8 Å². The Balaban J connectivity index is 1.87. The number of terminal acetylenes is 1. The van der Waals surface area contributed by atoms with Crippen LogP contribution in [-0.4, -0.2) is 16.5 Å². The zero-order chi connectivity index (χ0) is 14.4. The quantitative estimate of drug-likeness (QED) is 0.668. The summed E-state index contributed by atoms with van der Waals surface area (Å²) in [6, 6.07) is 10.6. The van der Waals surface area contributed by atoms with Crippen molar-refractivity contribution in [2.75, 3.05) is 6.54 Å². The highest BCUT2D eigenvalue weighted by Gasteiger charge is 2.24. The highest BCUT2D eigenvalue weighted by Crippen LogP contribution is 2.29. The van der Waals surface area contributed by atoms with E-state index in [0.29, 0.717) is 12.0 Å². The van der Waals surface area contributed by atoms with E-state index >= 15 is 0 Å². The van der Waals surface area contributed by atoms with E-state index in [4.69, 9.17) is 11.4 Å². The predicted molar refractivity (Wildman–Crippen MR) is 86.1 cm³/mol. The Morgan fingerprint density at radius 3 is 2.95 bits per heavy atom. The molecule has 2 aromatic carbocycles. The Hall–Kier alpha value is -2.31. The molecule has 3 heteroatoms. The number of nitrogens with one attached hydrogen (secondary N) is 2. The third-order valence-corrected chi connectivity index (χ3v) is 4.33. The Kier molecular flexibility index (Phi) is 2.73. The van der Waals surface area contributed by atoms with Crippen LogP contribution in [0.15, 0.2) is 30.3 Å². The van der Waals surface area contributed by atoms with Crippen LogP contribution in [0, 0.1) is 18.3 Å². The molecule has 4 rings (SSSR count). The number of hydrogen-bond acceptors (Lipinski definition) is 2. The van der Waals surface area contributed by atoms with Gasteiger partial charge in [0.2, 0.25) is 0 Å². The predicted octanol–water partition coefficient (Wildman–Crippen LogP) is 3.37. The second-order valence-electron chi connectivity index (χ2n) is 5.97. The highest BCUT2D eigenvalue weighted by atomic mass is 15.0. The molecule has 0 spiro atoms. The van der Waals surface area contributed by atoms with Gasteiger partial charge in [-0.1, -0.05) is 25.0 Å². The molecular formula is C18H17N3. The molecule has 1 aliphatic rings. The van der Waals surface area contributed by atoms with Crippen molar-refractivity contribution in [2.24, 2.45) is 5.92 Å². The number of benzene rings is 2. The summed E-state index contributed by atoms with van der Waals surface area (Å²) in [7, 11) is 0. The van der Waals surface area contributed by atoms with E-state index in [9.17, 15) is 0 Å². The third-order valence-electron chi connectivity index (χ3n) is 4.33. The van der Waals surface area contributed by atoms with Crippen LogP contribution >= 0.6 is 0 Å². The van der Waals surface area contributed by atoms with Crippen molar-refractivity contribution in [1.29, 1.82) is 0 Å². The number of imidazole rings is 1. The average molecular weight is 275 g/mol. The minimum absolute atomic E-state index is 0.340. The number of aromatic amines is 1. The van der Waals surface area contributed by atoms with E-state index in [1.807, 2.05) is 12.1 Å². The van der Waals surface area contributed by atoms with E-state index in [2.05, 4.69) is 41.3 Å². The molecule has 0 saturated carbocycles. The summed E-state index contributed by atoms with van der Waals surface area (Å²) >= 11 is 0. The molecule has 0 radical (unpaired) electrons. The van der Waals surface area contributed by atoms with Gasteiger partial charge >= 0.3 is 0 Å². The summed E-state index contributed by atoms with van der Waals surface area (Å²) < 4.78 is 0. The van der Waals surface area contributed by atoms with Gasteiger partial charge in [0.05, 0.1) is 17.1 Å². The molecule has 2 atom stereocenters. The first-order valence-corrected chi connectivity index (χ1v) is 7.37.